The molecule has 0 aliphatic heterocycles. The van der Waals surface area contributed by atoms with E-state index in [0.717, 1.165) is 18.2 Å². The molecule has 0 saturated heterocycles. The SMILES string of the molecule is CCNc1cccc(NCC(C)O)n1. The van der Waals surface area contributed by atoms with Gasteiger partial charge < -0.3 is 15.7 Å². The van der Waals surface area contributed by atoms with E-state index >= 15 is 0 Å². The molecule has 1 atom stereocenters. The lowest BCUT2D eigenvalue weighted by Gasteiger charge is -2.09. The third-order valence-corrected chi connectivity index (χ3v) is 1.69. The van der Waals surface area contributed by atoms with Crippen molar-refractivity contribution in [2.75, 3.05) is 23.7 Å². The van der Waals surface area contributed by atoms with E-state index < -0.39 is 0 Å². The van der Waals surface area contributed by atoms with Crippen LogP contribution in [0.1, 0.15) is 13.8 Å². The molecule has 1 unspecified atom stereocenters. The van der Waals surface area contributed by atoms with E-state index in [1.807, 2.05) is 25.1 Å². The van der Waals surface area contributed by atoms with E-state index in [-0.39, 0.29) is 6.10 Å². The summed E-state index contributed by atoms with van der Waals surface area (Å²) in [5, 5.41) is 15.2. The average Bonchev–Trinajstić information content (AvgIpc) is 2.16. The summed E-state index contributed by atoms with van der Waals surface area (Å²) in [7, 11) is 0. The molecule has 1 aromatic heterocycles. The maximum absolute atomic E-state index is 9.08. The smallest absolute Gasteiger partial charge is 0.128 e. The molecule has 78 valence electrons. The molecular weight excluding hydrogens is 178 g/mol. The highest BCUT2D eigenvalue weighted by Gasteiger charge is 1.98. The lowest BCUT2D eigenvalue weighted by atomic mass is 10.4. The number of hydrogen-bond acceptors (Lipinski definition) is 4. The second-order valence-corrected chi connectivity index (χ2v) is 3.17. The van der Waals surface area contributed by atoms with Crippen molar-refractivity contribution >= 4 is 11.6 Å². The van der Waals surface area contributed by atoms with Gasteiger partial charge in [0.15, 0.2) is 0 Å². The minimum Gasteiger partial charge on any atom is -0.392 e. The summed E-state index contributed by atoms with van der Waals surface area (Å²) in [5.41, 5.74) is 0. The van der Waals surface area contributed by atoms with Gasteiger partial charge in [0.25, 0.3) is 0 Å². The number of nitrogens with one attached hydrogen (secondary N) is 2. The van der Waals surface area contributed by atoms with Crippen molar-refractivity contribution in [2.45, 2.75) is 20.0 Å². The molecule has 0 bridgehead atoms. The standard InChI is InChI=1S/C10H17N3O/c1-3-11-9-5-4-6-10(13-9)12-7-8(2)14/h4-6,8,14H,3,7H2,1-2H3,(H2,11,12,13). The van der Waals surface area contributed by atoms with Crippen molar-refractivity contribution < 1.29 is 5.11 Å². The lowest BCUT2D eigenvalue weighted by Crippen LogP contribution is -2.16. The molecule has 1 rings (SSSR count). The number of aliphatic hydroxyl groups is 1. The maximum atomic E-state index is 9.08. The van der Waals surface area contributed by atoms with Crippen molar-refractivity contribution in [1.29, 1.82) is 0 Å². The first kappa shape index (κ1) is 10.8. The Morgan fingerprint density at radius 1 is 1.36 bits per heavy atom. The van der Waals surface area contributed by atoms with Gasteiger partial charge in [-0.05, 0) is 26.0 Å². The first-order valence-corrected chi connectivity index (χ1v) is 4.85. The summed E-state index contributed by atoms with van der Waals surface area (Å²) >= 11 is 0. The van der Waals surface area contributed by atoms with Gasteiger partial charge in [-0.2, -0.15) is 0 Å². The van der Waals surface area contributed by atoms with E-state index in [2.05, 4.69) is 15.6 Å². The van der Waals surface area contributed by atoms with Crippen LogP contribution >= 0.6 is 0 Å². The van der Waals surface area contributed by atoms with Gasteiger partial charge in [0.05, 0.1) is 6.10 Å². The van der Waals surface area contributed by atoms with Gasteiger partial charge in [0.2, 0.25) is 0 Å². The minimum atomic E-state index is -0.361. The molecule has 0 aliphatic rings. The van der Waals surface area contributed by atoms with E-state index in [1.54, 1.807) is 6.92 Å². The van der Waals surface area contributed by atoms with Crippen molar-refractivity contribution in [3.63, 3.8) is 0 Å². The van der Waals surface area contributed by atoms with Gasteiger partial charge in [-0.1, -0.05) is 6.07 Å². The fraction of sp³-hybridized carbons (Fsp3) is 0.500. The molecule has 0 aliphatic carbocycles. The second-order valence-electron chi connectivity index (χ2n) is 3.17. The molecule has 14 heavy (non-hydrogen) atoms. The monoisotopic (exact) mass is 195 g/mol. The molecular formula is C10H17N3O. The van der Waals surface area contributed by atoms with Crippen molar-refractivity contribution in [3.8, 4) is 0 Å². The first-order valence-electron chi connectivity index (χ1n) is 4.85. The average molecular weight is 195 g/mol. The molecule has 0 spiro atoms. The van der Waals surface area contributed by atoms with Crippen LogP contribution < -0.4 is 10.6 Å². The van der Waals surface area contributed by atoms with Gasteiger partial charge in [-0.3, -0.25) is 0 Å². The van der Waals surface area contributed by atoms with Gasteiger partial charge in [0, 0.05) is 13.1 Å². The van der Waals surface area contributed by atoms with Gasteiger partial charge in [0.1, 0.15) is 11.6 Å². The number of hydrogen-bond donors (Lipinski definition) is 3. The Balaban J connectivity index is 2.54. The predicted octanol–water partition coefficient (Wildman–Crippen LogP) is 1.31. The van der Waals surface area contributed by atoms with Crippen LogP contribution in [-0.4, -0.2) is 29.3 Å². The molecule has 3 N–H and O–H groups in total. The Labute approximate surface area is 84.4 Å². The zero-order valence-corrected chi connectivity index (χ0v) is 8.62. The van der Waals surface area contributed by atoms with E-state index in [4.69, 9.17) is 5.11 Å². The highest BCUT2D eigenvalue weighted by Crippen LogP contribution is 2.08. The molecule has 4 heteroatoms. The number of nitrogens with zero attached hydrogens (tertiary/aromatic N) is 1. The molecule has 0 fully saturated rings. The van der Waals surface area contributed by atoms with Crippen LogP contribution in [0.25, 0.3) is 0 Å². The second kappa shape index (κ2) is 5.44. The summed E-state index contributed by atoms with van der Waals surface area (Å²) in [5.74, 6) is 1.63. The Hall–Kier alpha value is -1.29. The topological polar surface area (TPSA) is 57.2 Å². The van der Waals surface area contributed by atoms with Crippen LogP contribution in [0.2, 0.25) is 0 Å². The molecule has 1 heterocycles. The van der Waals surface area contributed by atoms with Crippen molar-refractivity contribution in [1.82, 2.24) is 4.98 Å². The number of anilines is 2. The summed E-state index contributed by atoms with van der Waals surface area (Å²) < 4.78 is 0. The molecule has 0 amide bonds. The summed E-state index contributed by atoms with van der Waals surface area (Å²) in [6, 6.07) is 5.72. The highest BCUT2D eigenvalue weighted by atomic mass is 16.3. The Bertz CT molecular complexity index is 276. The summed E-state index contributed by atoms with van der Waals surface area (Å²) in [6.45, 7) is 5.13. The largest absolute Gasteiger partial charge is 0.392 e. The fourth-order valence-electron chi connectivity index (χ4n) is 1.07. The van der Waals surface area contributed by atoms with Gasteiger partial charge >= 0.3 is 0 Å². The van der Waals surface area contributed by atoms with Crippen LogP contribution in [0.3, 0.4) is 0 Å². The Kier molecular flexibility index (Phi) is 4.19. The molecule has 0 radical (unpaired) electrons. The minimum absolute atomic E-state index is 0.361. The van der Waals surface area contributed by atoms with Crippen LogP contribution in [0.5, 0.6) is 0 Å². The van der Waals surface area contributed by atoms with Crippen molar-refractivity contribution in [2.24, 2.45) is 0 Å². The van der Waals surface area contributed by atoms with Crippen LogP contribution in [0, 0.1) is 0 Å². The van der Waals surface area contributed by atoms with Crippen LogP contribution in [-0.2, 0) is 0 Å². The van der Waals surface area contributed by atoms with E-state index in [9.17, 15) is 0 Å². The summed E-state index contributed by atoms with van der Waals surface area (Å²) in [6.07, 6.45) is -0.361. The van der Waals surface area contributed by atoms with Gasteiger partial charge in [-0.25, -0.2) is 4.98 Å². The lowest BCUT2D eigenvalue weighted by molar-refractivity contribution is 0.208. The van der Waals surface area contributed by atoms with Crippen LogP contribution in [0.4, 0.5) is 11.6 Å². The Morgan fingerprint density at radius 3 is 2.57 bits per heavy atom. The van der Waals surface area contributed by atoms with E-state index in [0.29, 0.717) is 6.54 Å². The van der Waals surface area contributed by atoms with Gasteiger partial charge in [-0.15, -0.1) is 0 Å². The molecule has 1 aromatic rings. The Morgan fingerprint density at radius 2 is 2.00 bits per heavy atom. The summed E-state index contributed by atoms with van der Waals surface area (Å²) in [4.78, 5) is 4.30. The van der Waals surface area contributed by atoms with E-state index in [1.165, 1.54) is 0 Å². The third-order valence-electron chi connectivity index (χ3n) is 1.69. The zero-order chi connectivity index (χ0) is 10.4. The normalized spacial score (nSPS) is 12.2. The highest BCUT2D eigenvalue weighted by molar-refractivity contribution is 5.44. The predicted molar refractivity (Wildman–Crippen MR) is 58.6 cm³/mol. The fourth-order valence-corrected chi connectivity index (χ4v) is 1.07. The first-order chi connectivity index (χ1) is 6.72. The number of pyridine rings is 1. The molecule has 0 saturated carbocycles. The maximum Gasteiger partial charge on any atom is 0.128 e. The van der Waals surface area contributed by atoms with Crippen LogP contribution in [0.15, 0.2) is 18.2 Å². The zero-order valence-electron chi connectivity index (χ0n) is 8.62. The number of rotatable bonds is 5. The number of aromatic nitrogens is 1. The van der Waals surface area contributed by atoms with Crippen molar-refractivity contribution in [3.05, 3.63) is 18.2 Å². The number of aliphatic hydroxyl groups excluding tert-OH is 1. The molecule has 0 aromatic carbocycles. The quantitative estimate of drug-likeness (QED) is 0.663. The molecule has 4 nitrogen and oxygen atoms in total. The third kappa shape index (κ3) is 3.62.